The Morgan fingerprint density at radius 3 is 1.86 bits per heavy atom. The largest absolute Gasteiger partial charge is 0.496 e. The zero-order chi connectivity index (χ0) is 10.9. The van der Waals surface area contributed by atoms with Gasteiger partial charge in [-0.15, -0.1) is 0 Å². The molecular weight excluding hydrogens is 312 g/mol. The van der Waals surface area contributed by atoms with Gasteiger partial charge in [-0.25, -0.2) is 0 Å². The van der Waals surface area contributed by atoms with Gasteiger partial charge in [-0.05, 0) is 45.7 Å². The van der Waals surface area contributed by atoms with Gasteiger partial charge in [-0.3, -0.25) is 0 Å². The first kappa shape index (κ1) is 12.0. The minimum Gasteiger partial charge on any atom is -0.496 e. The molecule has 0 aliphatic carbocycles. The summed E-state index contributed by atoms with van der Waals surface area (Å²) in [4.78, 5) is 0. The standard InChI is InChI=1S/C10H12Br2O2/c1-5-8(11)7(4-13)9(12)6(2)10(5)14-3/h13H,4H2,1-3H3. The summed E-state index contributed by atoms with van der Waals surface area (Å²) < 4.78 is 7.09. The fourth-order valence-corrected chi connectivity index (χ4v) is 2.75. The molecule has 0 atom stereocenters. The summed E-state index contributed by atoms with van der Waals surface area (Å²) in [7, 11) is 1.65. The average Bonchev–Trinajstić information content (AvgIpc) is 2.17. The van der Waals surface area contributed by atoms with Crippen LogP contribution in [0, 0.1) is 13.8 Å². The molecule has 1 rings (SSSR count). The van der Waals surface area contributed by atoms with Crippen molar-refractivity contribution in [1.82, 2.24) is 0 Å². The monoisotopic (exact) mass is 322 g/mol. The van der Waals surface area contributed by atoms with Crippen molar-refractivity contribution in [1.29, 1.82) is 0 Å². The van der Waals surface area contributed by atoms with Crippen LogP contribution in [0.1, 0.15) is 16.7 Å². The van der Waals surface area contributed by atoms with Gasteiger partial charge in [0, 0.05) is 25.6 Å². The normalized spacial score (nSPS) is 10.4. The topological polar surface area (TPSA) is 29.5 Å². The van der Waals surface area contributed by atoms with Gasteiger partial charge < -0.3 is 9.84 Å². The van der Waals surface area contributed by atoms with Crippen LogP contribution in [0.4, 0.5) is 0 Å². The molecule has 0 aliphatic rings. The number of ether oxygens (including phenoxy) is 1. The van der Waals surface area contributed by atoms with Crippen molar-refractivity contribution in [3.63, 3.8) is 0 Å². The van der Waals surface area contributed by atoms with Crippen molar-refractivity contribution in [2.75, 3.05) is 7.11 Å². The first-order valence-electron chi connectivity index (χ1n) is 4.16. The van der Waals surface area contributed by atoms with Crippen molar-refractivity contribution in [2.45, 2.75) is 20.5 Å². The van der Waals surface area contributed by atoms with E-state index in [2.05, 4.69) is 31.9 Å². The highest BCUT2D eigenvalue weighted by Crippen LogP contribution is 2.39. The third-order valence-corrected chi connectivity index (χ3v) is 4.38. The van der Waals surface area contributed by atoms with Gasteiger partial charge in [0.1, 0.15) is 5.75 Å². The van der Waals surface area contributed by atoms with E-state index in [4.69, 9.17) is 4.74 Å². The first-order chi connectivity index (χ1) is 6.54. The Kier molecular flexibility index (Phi) is 3.98. The number of aliphatic hydroxyl groups is 1. The van der Waals surface area contributed by atoms with Crippen LogP contribution in [0.5, 0.6) is 5.75 Å². The number of benzene rings is 1. The molecule has 0 aliphatic heterocycles. The number of hydrogen-bond acceptors (Lipinski definition) is 2. The summed E-state index contributed by atoms with van der Waals surface area (Å²) in [5, 5.41) is 9.21. The molecule has 4 heteroatoms. The summed E-state index contributed by atoms with van der Waals surface area (Å²) in [6, 6.07) is 0. The van der Waals surface area contributed by atoms with Gasteiger partial charge in [0.2, 0.25) is 0 Å². The molecule has 0 amide bonds. The van der Waals surface area contributed by atoms with Gasteiger partial charge >= 0.3 is 0 Å². The number of methoxy groups -OCH3 is 1. The lowest BCUT2D eigenvalue weighted by molar-refractivity contribution is 0.279. The molecule has 0 heterocycles. The maximum absolute atomic E-state index is 9.21. The summed E-state index contributed by atoms with van der Waals surface area (Å²) >= 11 is 6.89. The molecule has 2 nitrogen and oxygen atoms in total. The molecule has 0 saturated heterocycles. The zero-order valence-corrected chi connectivity index (χ0v) is 11.5. The highest BCUT2D eigenvalue weighted by Gasteiger charge is 2.16. The van der Waals surface area contributed by atoms with Crippen LogP contribution in [0.3, 0.4) is 0 Å². The molecule has 0 radical (unpaired) electrons. The lowest BCUT2D eigenvalue weighted by Crippen LogP contribution is -1.98. The summed E-state index contributed by atoms with van der Waals surface area (Å²) in [6.07, 6.45) is 0. The Morgan fingerprint density at radius 2 is 1.57 bits per heavy atom. The van der Waals surface area contributed by atoms with Gasteiger partial charge in [0.25, 0.3) is 0 Å². The Labute approximate surface area is 101 Å². The van der Waals surface area contributed by atoms with Crippen LogP contribution in [-0.4, -0.2) is 12.2 Å². The number of halogens is 2. The predicted octanol–water partition coefficient (Wildman–Crippen LogP) is 3.33. The highest BCUT2D eigenvalue weighted by molar-refractivity contribution is 9.11. The zero-order valence-electron chi connectivity index (χ0n) is 8.32. The SMILES string of the molecule is COc1c(C)c(Br)c(CO)c(Br)c1C. The molecule has 14 heavy (non-hydrogen) atoms. The van der Waals surface area contributed by atoms with E-state index in [0.29, 0.717) is 0 Å². The van der Waals surface area contributed by atoms with Crippen molar-refractivity contribution >= 4 is 31.9 Å². The molecular formula is C10H12Br2O2. The van der Waals surface area contributed by atoms with E-state index in [1.54, 1.807) is 7.11 Å². The van der Waals surface area contributed by atoms with Gasteiger partial charge in [0.05, 0.1) is 13.7 Å². The first-order valence-corrected chi connectivity index (χ1v) is 5.75. The lowest BCUT2D eigenvalue weighted by atomic mass is 10.1. The molecule has 0 fully saturated rings. The summed E-state index contributed by atoms with van der Waals surface area (Å²) in [5.74, 6) is 0.848. The van der Waals surface area contributed by atoms with Crippen LogP contribution in [0.15, 0.2) is 8.95 Å². The van der Waals surface area contributed by atoms with Crippen molar-refractivity contribution in [2.24, 2.45) is 0 Å². The Bertz CT molecular complexity index is 298. The Morgan fingerprint density at radius 1 is 1.14 bits per heavy atom. The van der Waals surface area contributed by atoms with E-state index < -0.39 is 0 Å². The minimum absolute atomic E-state index is 0.00679. The maximum atomic E-state index is 9.21. The van der Waals surface area contributed by atoms with Crippen LogP contribution < -0.4 is 4.74 Å². The predicted molar refractivity (Wildman–Crippen MR) is 63.8 cm³/mol. The fourth-order valence-electron chi connectivity index (χ4n) is 1.47. The molecule has 0 bridgehead atoms. The summed E-state index contributed by atoms with van der Waals surface area (Å²) in [6.45, 7) is 3.93. The second kappa shape index (κ2) is 4.64. The van der Waals surface area contributed by atoms with Crippen molar-refractivity contribution < 1.29 is 9.84 Å². The van der Waals surface area contributed by atoms with Gasteiger partial charge in [-0.1, -0.05) is 0 Å². The quantitative estimate of drug-likeness (QED) is 0.904. The Hall–Kier alpha value is -0.0600. The highest BCUT2D eigenvalue weighted by atomic mass is 79.9. The number of hydrogen-bond donors (Lipinski definition) is 1. The molecule has 1 aromatic carbocycles. The van der Waals surface area contributed by atoms with Crippen LogP contribution >= 0.6 is 31.9 Å². The molecule has 0 spiro atoms. The molecule has 78 valence electrons. The summed E-state index contributed by atoms with van der Waals surface area (Å²) in [5.41, 5.74) is 2.88. The number of rotatable bonds is 2. The van der Waals surface area contributed by atoms with E-state index in [0.717, 1.165) is 31.4 Å². The van der Waals surface area contributed by atoms with E-state index in [1.807, 2.05) is 13.8 Å². The van der Waals surface area contributed by atoms with Crippen molar-refractivity contribution in [3.05, 3.63) is 25.6 Å². The molecule has 1 aromatic rings. The lowest BCUT2D eigenvalue weighted by Gasteiger charge is -2.16. The molecule has 0 unspecified atom stereocenters. The maximum Gasteiger partial charge on any atom is 0.126 e. The Balaban J connectivity index is 3.55. The molecule has 1 N–H and O–H groups in total. The average molecular weight is 324 g/mol. The van der Waals surface area contributed by atoms with E-state index in [-0.39, 0.29) is 6.61 Å². The van der Waals surface area contributed by atoms with E-state index in [1.165, 1.54) is 0 Å². The third-order valence-electron chi connectivity index (χ3n) is 2.23. The third kappa shape index (κ3) is 1.83. The van der Waals surface area contributed by atoms with Crippen molar-refractivity contribution in [3.8, 4) is 5.75 Å². The van der Waals surface area contributed by atoms with Gasteiger partial charge in [0.15, 0.2) is 0 Å². The molecule has 0 aromatic heterocycles. The second-order valence-electron chi connectivity index (χ2n) is 3.05. The molecule has 0 saturated carbocycles. The van der Waals surface area contributed by atoms with E-state index in [9.17, 15) is 5.11 Å². The second-order valence-corrected chi connectivity index (χ2v) is 4.63. The van der Waals surface area contributed by atoms with E-state index >= 15 is 0 Å². The van der Waals surface area contributed by atoms with Crippen LogP contribution in [-0.2, 0) is 6.61 Å². The number of aliphatic hydroxyl groups excluding tert-OH is 1. The smallest absolute Gasteiger partial charge is 0.126 e. The minimum atomic E-state index is 0.00679. The van der Waals surface area contributed by atoms with Gasteiger partial charge in [-0.2, -0.15) is 0 Å². The van der Waals surface area contributed by atoms with Crippen LogP contribution in [0.25, 0.3) is 0 Å². The fraction of sp³-hybridized carbons (Fsp3) is 0.400. The van der Waals surface area contributed by atoms with Crippen LogP contribution in [0.2, 0.25) is 0 Å².